The van der Waals surface area contributed by atoms with Gasteiger partial charge in [-0.05, 0) is 26.0 Å². The summed E-state index contributed by atoms with van der Waals surface area (Å²) in [6.07, 6.45) is 0. The van der Waals surface area contributed by atoms with Gasteiger partial charge in [0.05, 0.1) is 4.92 Å². The number of nitrogens with one attached hydrogen (secondary N) is 1. The second-order valence-corrected chi connectivity index (χ2v) is 6.91. The first kappa shape index (κ1) is 14.0. The van der Waals surface area contributed by atoms with Gasteiger partial charge in [-0.1, -0.05) is 6.07 Å². The third-order valence-electron chi connectivity index (χ3n) is 3.12. The van der Waals surface area contributed by atoms with Crippen molar-refractivity contribution in [2.24, 2.45) is 5.84 Å². The average molecular weight is 282 g/mol. The van der Waals surface area contributed by atoms with Gasteiger partial charge in [0.1, 0.15) is 11.4 Å². The van der Waals surface area contributed by atoms with Gasteiger partial charge in [0.15, 0.2) is 0 Å². The van der Waals surface area contributed by atoms with Crippen LogP contribution in [-0.2, 0) is 0 Å². The van der Waals surface area contributed by atoms with Gasteiger partial charge >= 0.3 is 5.69 Å². The first-order valence-corrected chi connectivity index (χ1v) is 7.06. The van der Waals surface area contributed by atoms with E-state index in [9.17, 15) is 10.1 Å². The predicted molar refractivity (Wildman–Crippen MR) is 79.7 cm³/mol. The summed E-state index contributed by atoms with van der Waals surface area (Å²) in [5.74, 6) is 6.33. The average Bonchev–Trinajstić information content (AvgIpc) is 2.36. The van der Waals surface area contributed by atoms with Crippen LogP contribution < -0.4 is 16.2 Å². The van der Waals surface area contributed by atoms with E-state index >= 15 is 0 Å². The Morgan fingerprint density at radius 3 is 2.84 bits per heavy atom. The number of nitrogen functional groups attached to an aromatic ring is 1. The summed E-state index contributed by atoms with van der Waals surface area (Å²) in [7, 11) is 0. The second-order valence-electron chi connectivity index (χ2n) is 5.10. The SMILES string of the molecule is CC1(C)CN(c2cccc(NN)c2[N+](=O)[O-])CCS1. The molecule has 1 aliphatic rings. The first-order valence-electron chi connectivity index (χ1n) is 6.07. The van der Waals surface area contributed by atoms with E-state index in [1.54, 1.807) is 18.2 Å². The van der Waals surface area contributed by atoms with Crippen molar-refractivity contribution >= 4 is 28.8 Å². The molecule has 19 heavy (non-hydrogen) atoms. The molecule has 1 saturated heterocycles. The Balaban J connectivity index is 2.41. The normalized spacial score (nSPS) is 18.2. The summed E-state index contributed by atoms with van der Waals surface area (Å²) < 4.78 is 0.0955. The topological polar surface area (TPSA) is 84.4 Å². The Morgan fingerprint density at radius 2 is 2.26 bits per heavy atom. The highest BCUT2D eigenvalue weighted by molar-refractivity contribution is 8.00. The molecule has 1 aromatic rings. The van der Waals surface area contributed by atoms with Crippen LogP contribution in [0.5, 0.6) is 0 Å². The van der Waals surface area contributed by atoms with Gasteiger partial charge in [-0.15, -0.1) is 0 Å². The van der Waals surface area contributed by atoms with Crippen molar-refractivity contribution in [3.63, 3.8) is 0 Å². The van der Waals surface area contributed by atoms with Crippen LogP contribution in [0, 0.1) is 10.1 Å². The lowest BCUT2D eigenvalue weighted by Gasteiger charge is -2.38. The summed E-state index contributed by atoms with van der Waals surface area (Å²) >= 11 is 1.89. The molecule has 1 heterocycles. The number of benzene rings is 1. The molecule has 2 rings (SSSR count). The lowest BCUT2D eigenvalue weighted by Crippen LogP contribution is -2.43. The van der Waals surface area contributed by atoms with Gasteiger partial charge in [0.2, 0.25) is 0 Å². The van der Waals surface area contributed by atoms with E-state index in [-0.39, 0.29) is 15.4 Å². The maximum absolute atomic E-state index is 11.3. The highest BCUT2D eigenvalue weighted by atomic mass is 32.2. The number of nitro groups is 1. The summed E-state index contributed by atoms with van der Waals surface area (Å²) in [5, 5.41) is 11.3. The van der Waals surface area contributed by atoms with Crippen molar-refractivity contribution in [3.8, 4) is 0 Å². The minimum atomic E-state index is -0.376. The molecule has 7 heteroatoms. The zero-order valence-electron chi connectivity index (χ0n) is 11.0. The van der Waals surface area contributed by atoms with Crippen LogP contribution in [0.1, 0.15) is 13.8 Å². The van der Waals surface area contributed by atoms with E-state index in [1.165, 1.54) is 0 Å². The summed E-state index contributed by atoms with van der Waals surface area (Å²) in [6.45, 7) is 5.90. The maximum Gasteiger partial charge on any atom is 0.316 e. The molecule has 1 aliphatic heterocycles. The third kappa shape index (κ3) is 2.93. The van der Waals surface area contributed by atoms with Crippen molar-refractivity contribution in [2.45, 2.75) is 18.6 Å². The minimum Gasteiger partial charge on any atom is -0.364 e. The highest BCUT2D eigenvalue weighted by Crippen LogP contribution is 2.39. The molecule has 1 fully saturated rings. The molecule has 0 aliphatic carbocycles. The molecule has 0 bridgehead atoms. The van der Waals surface area contributed by atoms with Crippen molar-refractivity contribution < 1.29 is 4.92 Å². The fraction of sp³-hybridized carbons (Fsp3) is 0.500. The second kappa shape index (κ2) is 5.26. The molecular formula is C12H18N4O2S. The molecule has 3 N–H and O–H groups in total. The van der Waals surface area contributed by atoms with Gasteiger partial charge in [0.25, 0.3) is 0 Å². The molecule has 0 unspecified atom stereocenters. The highest BCUT2D eigenvalue weighted by Gasteiger charge is 2.31. The van der Waals surface area contributed by atoms with Crippen molar-refractivity contribution in [1.29, 1.82) is 0 Å². The summed E-state index contributed by atoms with van der Waals surface area (Å²) in [6, 6.07) is 5.18. The Kier molecular flexibility index (Phi) is 3.86. The molecule has 104 valence electrons. The van der Waals surface area contributed by atoms with Crippen LogP contribution in [0.15, 0.2) is 18.2 Å². The fourth-order valence-electron chi connectivity index (χ4n) is 2.32. The van der Waals surface area contributed by atoms with Crippen LogP contribution in [0.25, 0.3) is 0 Å². The number of hydrogen-bond acceptors (Lipinski definition) is 6. The number of nitrogens with two attached hydrogens (primary N) is 1. The van der Waals surface area contributed by atoms with Crippen LogP contribution in [-0.4, -0.2) is 28.5 Å². The number of para-hydroxylation sites is 1. The number of rotatable bonds is 3. The molecule has 0 spiro atoms. The van der Waals surface area contributed by atoms with Gasteiger partial charge in [-0.3, -0.25) is 16.0 Å². The summed E-state index contributed by atoms with van der Waals surface area (Å²) in [5.41, 5.74) is 3.43. The number of hydrazine groups is 1. The standard InChI is InChI=1S/C12H18N4O2S/c1-12(2)8-15(6-7-19-12)10-5-3-4-9(14-13)11(10)16(17)18/h3-5,14H,6-8,13H2,1-2H3. The number of anilines is 2. The molecule has 0 amide bonds. The molecule has 0 atom stereocenters. The zero-order valence-corrected chi connectivity index (χ0v) is 11.9. The van der Waals surface area contributed by atoms with Crippen LogP contribution >= 0.6 is 11.8 Å². The van der Waals surface area contributed by atoms with Gasteiger partial charge < -0.3 is 10.3 Å². The molecular weight excluding hydrogens is 264 g/mol. The maximum atomic E-state index is 11.3. The molecule has 0 saturated carbocycles. The third-order valence-corrected chi connectivity index (χ3v) is 4.42. The monoisotopic (exact) mass is 282 g/mol. The molecule has 0 aromatic heterocycles. The Bertz CT molecular complexity index is 493. The van der Waals surface area contributed by atoms with E-state index < -0.39 is 0 Å². The van der Waals surface area contributed by atoms with E-state index in [4.69, 9.17) is 5.84 Å². The predicted octanol–water partition coefficient (Wildman–Crippen LogP) is 2.21. The quantitative estimate of drug-likeness (QED) is 0.502. The van der Waals surface area contributed by atoms with Gasteiger partial charge in [-0.2, -0.15) is 11.8 Å². The van der Waals surface area contributed by atoms with E-state index in [2.05, 4.69) is 24.2 Å². The lowest BCUT2D eigenvalue weighted by molar-refractivity contribution is -0.383. The van der Waals surface area contributed by atoms with Crippen LogP contribution in [0.3, 0.4) is 0 Å². The smallest absolute Gasteiger partial charge is 0.316 e. The van der Waals surface area contributed by atoms with Gasteiger partial charge in [-0.25, -0.2) is 0 Å². The minimum absolute atomic E-state index is 0.0488. The van der Waals surface area contributed by atoms with Crippen molar-refractivity contribution in [1.82, 2.24) is 0 Å². The van der Waals surface area contributed by atoms with Crippen molar-refractivity contribution in [3.05, 3.63) is 28.3 Å². The lowest BCUT2D eigenvalue weighted by atomic mass is 10.1. The van der Waals surface area contributed by atoms with Gasteiger partial charge in [0, 0.05) is 23.6 Å². The van der Waals surface area contributed by atoms with Crippen LogP contribution in [0.4, 0.5) is 17.1 Å². The van der Waals surface area contributed by atoms with Crippen molar-refractivity contribution in [2.75, 3.05) is 29.2 Å². The molecule has 6 nitrogen and oxygen atoms in total. The summed E-state index contributed by atoms with van der Waals surface area (Å²) in [4.78, 5) is 13.0. The van der Waals surface area contributed by atoms with E-state index in [0.717, 1.165) is 18.8 Å². The number of nitro benzene ring substituents is 1. The fourth-order valence-corrected chi connectivity index (χ4v) is 3.43. The molecule has 0 radical (unpaired) electrons. The number of thioether (sulfide) groups is 1. The Morgan fingerprint density at radius 1 is 1.53 bits per heavy atom. The zero-order chi connectivity index (χ0) is 14.0. The first-order chi connectivity index (χ1) is 8.94. The van der Waals surface area contributed by atoms with Crippen LogP contribution in [0.2, 0.25) is 0 Å². The number of nitrogens with zero attached hydrogens (tertiary/aromatic N) is 2. The Hall–Kier alpha value is -1.47. The van der Waals surface area contributed by atoms with E-state index in [0.29, 0.717) is 11.4 Å². The van der Waals surface area contributed by atoms with E-state index in [1.807, 2.05) is 11.8 Å². The molecule has 1 aromatic carbocycles. The number of hydrogen-bond donors (Lipinski definition) is 2. The Labute approximate surface area is 116 Å². The largest absolute Gasteiger partial charge is 0.364 e.